The van der Waals surface area contributed by atoms with Crippen molar-refractivity contribution in [3.8, 4) is 0 Å². The molecule has 0 saturated carbocycles. The molecule has 0 bridgehead atoms. The van der Waals surface area contributed by atoms with Crippen LogP contribution < -0.4 is 0 Å². The second-order valence-corrected chi connectivity index (χ2v) is 4.59. The van der Waals surface area contributed by atoms with Gasteiger partial charge in [0.25, 0.3) is 0 Å². The molecule has 1 aromatic rings. The summed E-state index contributed by atoms with van der Waals surface area (Å²) in [5, 5.41) is 0.570. The Morgan fingerprint density at radius 3 is 3.00 bits per heavy atom. The Kier molecular flexibility index (Phi) is 5.30. The Morgan fingerprint density at radius 2 is 2.36 bits per heavy atom. The van der Waals surface area contributed by atoms with E-state index in [0.29, 0.717) is 5.15 Å². The van der Waals surface area contributed by atoms with Gasteiger partial charge in [-0.3, -0.25) is 0 Å². The predicted molar refractivity (Wildman–Crippen MR) is 64.0 cm³/mol. The van der Waals surface area contributed by atoms with Crippen molar-refractivity contribution in [3.05, 3.63) is 29.0 Å². The van der Waals surface area contributed by atoms with E-state index in [4.69, 9.17) is 11.6 Å². The Balaban J connectivity index is 2.43. The molecule has 1 rings (SSSR count). The van der Waals surface area contributed by atoms with Crippen molar-refractivity contribution in [2.24, 2.45) is 0 Å². The fourth-order valence-electron chi connectivity index (χ4n) is 1.18. The van der Waals surface area contributed by atoms with E-state index < -0.39 is 0 Å². The van der Waals surface area contributed by atoms with Crippen molar-refractivity contribution in [3.63, 3.8) is 0 Å². The van der Waals surface area contributed by atoms with Crippen LogP contribution in [0.2, 0.25) is 5.15 Å². The van der Waals surface area contributed by atoms with Gasteiger partial charge >= 0.3 is 0 Å². The third-order valence-corrected chi connectivity index (χ3v) is 2.72. The molecule has 1 aromatic heterocycles. The molecular formula is C10H15ClN2S. The van der Waals surface area contributed by atoms with Gasteiger partial charge in [-0.15, -0.1) is 0 Å². The van der Waals surface area contributed by atoms with Gasteiger partial charge in [0.2, 0.25) is 0 Å². The van der Waals surface area contributed by atoms with Crippen molar-refractivity contribution in [2.75, 3.05) is 25.6 Å². The molecule has 0 aliphatic heterocycles. The van der Waals surface area contributed by atoms with Crippen LogP contribution in [0.4, 0.5) is 0 Å². The van der Waals surface area contributed by atoms with Gasteiger partial charge in [-0.25, -0.2) is 4.98 Å². The molecule has 0 unspecified atom stereocenters. The van der Waals surface area contributed by atoms with Crippen LogP contribution >= 0.6 is 23.4 Å². The van der Waals surface area contributed by atoms with Gasteiger partial charge in [0, 0.05) is 25.0 Å². The summed E-state index contributed by atoms with van der Waals surface area (Å²) in [7, 11) is 2.12. The van der Waals surface area contributed by atoms with Crippen molar-refractivity contribution in [1.29, 1.82) is 0 Å². The first-order valence-corrected chi connectivity index (χ1v) is 6.27. The topological polar surface area (TPSA) is 16.1 Å². The monoisotopic (exact) mass is 230 g/mol. The Morgan fingerprint density at radius 1 is 1.57 bits per heavy atom. The van der Waals surface area contributed by atoms with Gasteiger partial charge < -0.3 is 4.90 Å². The quantitative estimate of drug-likeness (QED) is 0.724. The summed E-state index contributed by atoms with van der Waals surface area (Å²) in [4.78, 5) is 6.23. The molecule has 0 radical (unpaired) electrons. The summed E-state index contributed by atoms with van der Waals surface area (Å²) in [5.41, 5.74) is 1.22. The summed E-state index contributed by atoms with van der Waals surface area (Å²) in [6, 6.07) is 3.92. The molecule has 78 valence electrons. The average Bonchev–Trinajstić information content (AvgIpc) is 2.15. The second-order valence-electron chi connectivity index (χ2n) is 3.22. The summed E-state index contributed by atoms with van der Waals surface area (Å²) in [6.45, 7) is 2.03. The molecule has 1 heterocycles. The second kappa shape index (κ2) is 6.27. The molecule has 0 N–H and O–H groups in total. The van der Waals surface area contributed by atoms with Crippen LogP contribution in [0.1, 0.15) is 5.56 Å². The minimum absolute atomic E-state index is 0.570. The van der Waals surface area contributed by atoms with Crippen LogP contribution in [0.5, 0.6) is 0 Å². The zero-order valence-electron chi connectivity index (χ0n) is 8.53. The van der Waals surface area contributed by atoms with Crippen LogP contribution in [-0.4, -0.2) is 35.5 Å². The standard InChI is InChI=1S/C10H15ClN2S/c1-13(5-6-14-2)8-9-3-4-12-10(11)7-9/h3-4,7H,5-6,8H2,1-2H3. The van der Waals surface area contributed by atoms with Crippen LogP contribution in [0.25, 0.3) is 0 Å². The number of hydrogen-bond acceptors (Lipinski definition) is 3. The highest BCUT2D eigenvalue weighted by atomic mass is 35.5. The van der Waals surface area contributed by atoms with E-state index in [0.717, 1.165) is 18.8 Å². The van der Waals surface area contributed by atoms with Crippen molar-refractivity contribution in [2.45, 2.75) is 6.54 Å². The first-order valence-electron chi connectivity index (χ1n) is 4.50. The largest absolute Gasteiger partial charge is 0.301 e. The average molecular weight is 231 g/mol. The van der Waals surface area contributed by atoms with E-state index in [1.807, 2.05) is 23.9 Å². The highest BCUT2D eigenvalue weighted by molar-refractivity contribution is 7.98. The molecule has 0 aliphatic rings. The summed E-state index contributed by atoms with van der Waals surface area (Å²) in [5.74, 6) is 1.16. The normalized spacial score (nSPS) is 10.9. The molecule has 2 nitrogen and oxygen atoms in total. The van der Waals surface area contributed by atoms with Gasteiger partial charge in [-0.2, -0.15) is 11.8 Å². The van der Waals surface area contributed by atoms with Crippen LogP contribution in [0, 0.1) is 0 Å². The highest BCUT2D eigenvalue weighted by Gasteiger charge is 2.00. The minimum atomic E-state index is 0.570. The number of nitrogens with zero attached hydrogens (tertiary/aromatic N) is 2. The lowest BCUT2D eigenvalue weighted by atomic mass is 10.2. The first kappa shape index (κ1) is 11.8. The highest BCUT2D eigenvalue weighted by Crippen LogP contribution is 2.09. The van der Waals surface area contributed by atoms with Crippen molar-refractivity contribution < 1.29 is 0 Å². The van der Waals surface area contributed by atoms with Crippen LogP contribution in [-0.2, 0) is 6.54 Å². The van der Waals surface area contributed by atoms with Crippen molar-refractivity contribution in [1.82, 2.24) is 9.88 Å². The molecule has 0 fully saturated rings. The maximum atomic E-state index is 5.80. The molecule has 14 heavy (non-hydrogen) atoms. The van der Waals surface area contributed by atoms with E-state index in [9.17, 15) is 0 Å². The number of hydrogen-bond donors (Lipinski definition) is 0. The van der Waals surface area contributed by atoms with E-state index in [2.05, 4.69) is 23.2 Å². The van der Waals surface area contributed by atoms with Crippen molar-refractivity contribution >= 4 is 23.4 Å². The van der Waals surface area contributed by atoms with E-state index in [1.54, 1.807) is 6.20 Å². The molecule has 0 saturated heterocycles. The number of rotatable bonds is 5. The molecular weight excluding hydrogens is 216 g/mol. The fourth-order valence-corrected chi connectivity index (χ4v) is 1.87. The third kappa shape index (κ3) is 4.31. The lowest BCUT2D eigenvalue weighted by molar-refractivity contribution is 0.348. The summed E-state index contributed by atoms with van der Waals surface area (Å²) >= 11 is 7.66. The third-order valence-electron chi connectivity index (χ3n) is 1.92. The van der Waals surface area contributed by atoms with E-state index >= 15 is 0 Å². The molecule has 0 aromatic carbocycles. The molecule has 4 heteroatoms. The zero-order chi connectivity index (χ0) is 10.4. The molecule has 0 spiro atoms. The summed E-state index contributed by atoms with van der Waals surface area (Å²) in [6.07, 6.45) is 3.87. The lowest BCUT2D eigenvalue weighted by Crippen LogP contribution is -2.20. The minimum Gasteiger partial charge on any atom is -0.301 e. The number of pyridine rings is 1. The van der Waals surface area contributed by atoms with E-state index in [1.165, 1.54) is 5.56 Å². The number of halogens is 1. The zero-order valence-corrected chi connectivity index (χ0v) is 10.1. The van der Waals surface area contributed by atoms with Crippen LogP contribution in [0.15, 0.2) is 18.3 Å². The maximum Gasteiger partial charge on any atom is 0.129 e. The molecule has 0 amide bonds. The Hall–Kier alpha value is -0.250. The number of aromatic nitrogens is 1. The lowest BCUT2D eigenvalue weighted by Gasteiger charge is -2.15. The van der Waals surface area contributed by atoms with E-state index in [-0.39, 0.29) is 0 Å². The van der Waals surface area contributed by atoms with Gasteiger partial charge in [0.15, 0.2) is 0 Å². The SMILES string of the molecule is CSCCN(C)Cc1ccnc(Cl)c1. The Bertz CT molecular complexity index is 281. The van der Waals surface area contributed by atoms with Gasteiger partial charge in [0.1, 0.15) is 5.15 Å². The van der Waals surface area contributed by atoms with Gasteiger partial charge in [-0.05, 0) is 31.0 Å². The number of thioether (sulfide) groups is 1. The smallest absolute Gasteiger partial charge is 0.129 e. The molecule has 0 aliphatic carbocycles. The summed E-state index contributed by atoms with van der Waals surface area (Å²) < 4.78 is 0. The van der Waals surface area contributed by atoms with Gasteiger partial charge in [-0.1, -0.05) is 11.6 Å². The Labute approximate surface area is 94.7 Å². The van der Waals surface area contributed by atoms with Gasteiger partial charge in [0.05, 0.1) is 0 Å². The molecule has 0 atom stereocenters. The maximum absolute atomic E-state index is 5.80. The fraction of sp³-hybridized carbons (Fsp3) is 0.500. The first-order chi connectivity index (χ1) is 6.72. The van der Waals surface area contributed by atoms with Crippen LogP contribution in [0.3, 0.4) is 0 Å². The predicted octanol–water partition coefficient (Wildman–Crippen LogP) is 2.53.